The number of fused-ring (bicyclic) bond motifs is 2. The Morgan fingerprint density at radius 3 is 2.12 bits per heavy atom. The van der Waals surface area contributed by atoms with E-state index in [1.165, 1.54) is 0 Å². The predicted molar refractivity (Wildman–Crippen MR) is 192 cm³/mol. The van der Waals surface area contributed by atoms with E-state index in [1.54, 1.807) is 25.7 Å². The number of carbonyl (C=O) groups excluding carboxylic acids is 5. The van der Waals surface area contributed by atoms with E-state index < -0.39 is 61.9 Å². The lowest BCUT2D eigenvalue weighted by atomic mass is 9.83. The number of hydrogen-bond donors (Lipinski definition) is 4. The lowest BCUT2D eigenvalue weighted by Gasteiger charge is -2.40. The molecule has 0 bridgehead atoms. The zero-order valence-electron chi connectivity index (χ0n) is 30.6. The Kier molecular flexibility index (Phi) is 9.86. The van der Waals surface area contributed by atoms with E-state index in [1.807, 2.05) is 24.3 Å². The summed E-state index contributed by atoms with van der Waals surface area (Å²) in [5.74, 6) is -3.19. The fraction of sp³-hybridized carbons (Fsp3) is 0.711. The molecule has 0 aromatic heterocycles. The Balaban J connectivity index is 1.27. The Hall–Kier alpha value is -3.48. The molecule has 5 N–H and O–H groups in total. The van der Waals surface area contributed by atoms with Crippen LogP contribution in [0.3, 0.4) is 0 Å². The first-order valence-corrected chi connectivity index (χ1v) is 20.3. The van der Waals surface area contributed by atoms with Crippen LogP contribution in [0.25, 0.3) is 0 Å². The number of nitrogens with zero attached hydrogens (tertiary/aromatic N) is 1. The number of carbonyl (C=O) groups is 5. The molecule has 12 nitrogen and oxygen atoms in total. The number of Topliss-reactive ketones (excluding diaryl/α,β-unsaturated/α-hetero) is 1. The number of hydrogen-bond acceptors (Lipinski definition) is 7. The topological polar surface area (TPSA) is 185 Å². The van der Waals surface area contributed by atoms with Gasteiger partial charge in [-0.15, -0.1) is 0 Å². The third-order valence-corrected chi connectivity index (χ3v) is 15.4. The third-order valence-electron chi connectivity index (χ3n) is 12.6. The number of primary amides is 1. The van der Waals surface area contributed by atoms with Gasteiger partial charge in [-0.1, -0.05) is 70.2 Å². The maximum absolute atomic E-state index is 14.8. The minimum absolute atomic E-state index is 0.0503. The quantitative estimate of drug-likeness (QED) is 0.239. The van der Waals surface area contributed by atoms with E-state index in [2.05, 4.69) is 29.8 Å². The summed E-state index contributed by atoms with van der Waals surface area (Å²) in [4.78, 5) is 69.2. The standard InChI is InChI=1S/C38H55N5O7S/c1-36(2,3)51(49,50)21-38(15-9-6-10-16-38)42-35(48)41-29(25-18-23-11-7-8-12-24(23)19-25)34(47)43-20-26-28(37(26,4)5)30(43)33(46)40-27(17-22-13-14-22)31(44)32(39)45/h7-8,11-12,22,25-30H,6,9-10,13-21H2,1-5H3,(H2,39,45)(H,40,46)(H2,41,42,48)/t26-,27?,28?,29-,30-/m0/s1. The molecule has 4 aliphatic carbocycles. The van der Waals surface area contributed by atoms with Crippen LogP contribution in [-0.2, 0) is 41.9 Å². The lowest BCUT2D eigenvalue weighted by molar-refractivity contribution is -0.144. The molecule has 5 atom stereocenters. The van der Waals surface area contributed by atoms with Crippen LogP contribution in [0.2, 0.25) is 0 Å². The Morgan fingerprint density at radius 2 is 1.57 bits per heavy atom. The summed E-state index contributed by atoms with van der Waals surface area (Å²) < 4.78 is 25.9. The SMILES string of the molecule is CC1(C)C2[C@@H](C(=O)NC(CC3CC3)C(=O)C(N)=O)N(C(=O)[C@@H](NC(=O)NC3(CS(=O)(=O)C(C)(C)C)CCCCC3)C3Cc4ccccc4C3)C[C@@H]21. The van der Waals surface area contributed by atoms with Gasteiger partial charge in [-0.25, -0.2) is 13.2 Å². The monoisotopic (exact) mass is 725 g/mol. The van der Waals surface area contributed by atoms with Crippen LogP contribution in [0.5, 0.6) is 0 Å². The Morgan fingerprint density at radius 1 is 0.961 bits per heavy atom. The highest BCUT2D eigenvalue weighted by molar-refractivity contribution is 7.92. The number of amides is 5. The number of benzene rings is 1. The summed E-state index contributed by atoms with van der Waals surface area (Å²) >= 11 is 0. The van der Waals surface area contributed by atoms with E-state index in [0.29, 0.717) is 38.6 Å². The molecule has 3 saturated carbocycles. The van der Waals surface area contributed by atoms with Gasteiger partial charge in [0.05, 0.1) is 22.1 Å². The fourth-order valence-corrected chi connectivity index (χ4v) is 10.6. The maximum Gasteiger partial charge on any atom is 0.315 e. The van der Waals surface area contributed by atoms with E-state index in [9.17, 15) is 32.4 Å². The van der Waals surface area contributed by atoms with Gasteiger partial charge in [-0.05, 0) is 93.1 Å². The third kappa shape index (κ3) is 7.55. The van der Waals surface area contributed by atoms with E-state index in [0.717, 1.165) is 43.2 Å². The van der Waals surface area contributed by atoms with Crippen LogP contribution in [-0.4, -0.2) is 83.6 Å². The van der Waals surface area contributed by atoms with Crippen molar-refractivity contribution in [3.8, 4) is 0 Å². The van der Waals surface area contributed by atoms with Gasteiger partial charge in [0.2, 0.25) is 17.6 Å². The molecule has 2 unspecified atom stereocenters. The molecule has 6 rings (SSSR count). The molecular weight excluding hydrogens is 671 g/mol. The fourth-order valence-electron chi connectivity index (χ4n) is 9.08. The average Bonchev–Trinajstić information content (AvgIpc) is 3.80. The first-order valence-electron chi connectivity index (χ1n) is 18.7. The molecule has 1 saturated heterocycles. The van der Waals surface area contributed by atoms with Crippen LogP contribution >= 0.6 is 0 Å². The number of rotatable bonds is 12. The van der Waals surface area contributed by atoms with Gasteiger partial charge in [-0.3, -0.25) is 19.2 Å². The van der Waals surface area contributed by atoms with E-state index in [4.69, 9.17) is 5.73 Å². The molecule has 0 radical (unpaired) electrons. The molecule has 1 aromatic rings. The Labute approximate surface area is 301 Å². The first kappa shape index (κ1) is 37.3. The second-order valence-corrected chi connectivity index (χ2v) is 20.3. The molecule has 1 heterocycles. The average molecular weight is 726 g/mol. The second-order valence-electron chi connectivity index (χ2n) is 17.6. The van der Waals surface area contributed by atoms with Crippen LogP contribution in [0.15, 0.2) is 24.3 Å². The van der Waals surface area contributed by atoms with Crippen LogP contribution in [0.1, 0.15) is 97.1 Å². The molecule has 0 spiro atoms. The molecule has 51 heavy (non-hydrogen) atoms. The number of piperidine rings is 1. The minimum atomic E-state index is -3.58. The minimum Gasteiger partial charge on any atom is -0.363 e. The molecule has 1 aromatic carbocycles. The van der Waals surface area contributed by atoms with E-state index >= 15 is 0 Å². The summed E-state index contributed by atoms with van der Waals surface area (Å²) in [6.07, 6.45) is 6.79. The highest BCUT2D eigenvalue weighted by atomic mass is 32.2. The molecule has 13 heteroatoms. The molecule has 280 valence electrons. The maximum atomic E-state index is 14.8. The molecule has 5 aliphatic rings. The lowest BCUT2D eigenvalue weighted by Crippen LogP contribution is -2.63. The van der Waals surface area contributed by atoms with Gasteiger partial charge in [-0.2, -0.15) is 0 Å². The number of sulfone groups is 1. The van der Waals surface area contributed by atoms with Crippen LogP contribution in [0, 0.1) is 29.1 Å². The zero-order valence-corrected chi connectivity index (χ0v) is 31.4. The van der Waals surface area contributed by atoms with Crippen molar-refractivity contribution in [1.82, 2.24) is 20.9 Å². The highest BCUT2D eigenvalue weighted by Gasteiger charge is 2.70. The summed E-state index contributed by atoms with van der Waals surface area (Å²) in [6, 6.07) is 4.39. The smallest absolute Gasteiger partial charge is 0.315 e. The van der Waals surface area contributed by atoms with Crippen LogP contribution in [0.4, 0.5) is 4.79 Å². The summed E-state index contributed by atoms with van der Waals surface area (Å²) in [7, 11) is -3.58. The van der Waals surface area contributed by atoms with Gasteiger partial charge in [0.1, 0.15) is 12.1 Å². The summed E-state index contributed by atoms with van der Waals surface area (Å²) in [6.45, 7) is 9.44. The molecular formula is C38H55N5O7S. The summed E-state index contributed by atoms with van der Waals surface area (Å²) in [5.41, 5.74) is 6.36. The largest absolute Gasteiger partial charge is 0.363 e. The second kappa shape index (κ2) is 13.5. The number of likely N-dealkylation sites (tertiary alicyclic amines) is 1. The normalized spacial score (nSPS) is 26.3. The van der Waals surface area contributed by atoms with Gasteiger partial charge >= 0.3 is 6.03 Å². The first-order chi connectivity index (χ1) is 23.8. The number of urea groups is 1. The highest BCUT2D eigenvalue weighted by Crippen LogP contribution is 2.65. The molecule has 5 amide bonds. The van der Waals surface area contributed by atoms with Crippen molar-refractivity contribution in [2.45, 2.75) is 127 Å². The van der Waals surface area contributed by atoms with Crippen molar-refractivity contribution in [2.24, 2.45) is 34.8 Å². The zero-order chi connectivity index (χ0) is 37.1. The van der Waals surface area contributed by atoms with Crippen molar-refractivity contribution in [2.75, 3.05) is 12.3 Å². The van der Waals surface area contributed by atoms with Crippen LogP contribution < -0.4 is 21.7 Å². The van der Waals surface area contributed by atoms with Gasteiger partial charge < -0.3 is 26.6 Å². The predicted octanol–water partition coefficient (Wildman–Crippen LogP) is 2.81. The number of nitrogens with two attached hydrogens (primary N) is 1. The van der Waals surface area contributed by atoms with Crippen molar-refractivity contribution in [1.29, 1.82) is 0 Å². The number of nitrogens with one attached hydrogen (secondary N) is 3. The summed E-state index contributed by atoms with van der Waals surface area (Å²) in [5, 5.41) is 8.87. The Bertz CT molecular complexity index is 1670. The van der Waals surface area contributed by atoms with Gasteiger partial charge in [0.15, 0.2) is 9.84 Å². The van der Waals surface area contributed by atoms with E-state index in [-0.39, 0.29) is 40.7 Å². The van der Waals surface area contributed by atoms with Gasteiger partial charge in [0.25, 0.3) is 5.91 Å². The van der Waals surface area contributed by atoms with Crippen molar-refractivity contribution >= 4 is 39.4 Å². The van der Waals surface area contributed by atoms with Crippen molar-refractivity contribution < 1.29 is 32.4 Å². The van der Waals surface area contributed by atoms with Crippen molar-refractivity contribution in [3.05, 3.63) is 35.4 Å². The molecule has 4 fully saturated rings. The number of ketones is 1. The van der Waals surface area contributed by atoms with Crippen molar-refractivity contribution in [3.63, 3.8) is 0 Å². The molecule has 1 aliphatic heterocycles. The van der Waals surface area contributed by atoms with Gasteiger partial charge in [0, 0.05) is 6.54 Å².